The van der Waals surface area contributed by atoms with Crippen LogP contribution in [0.2, 0.25) is 0 Å². The molecule has 2 N–H and O–H groups in total. The van der Waals surface area contributed by atoms with Crippen molar-refractivity contribution in [2.24, 2.45) is 5.73 Å². The molecule has 76 valence electrons. The third kappa shape index (κ3) is 2.42. The van der Waals surface area contributed by atoms with Crippen LogP contribution in [0.5, 0.6) is 0 Å². The number of hydrogen-bond acceptors (Lipinski definition) is 2. The van der Waals surface area contributed by atoms with Crippen molar-refractivity contribution in [2.45, 2.75) is 26.3 Å². The fraction of sp³-hybridized carbons (Fsp3) is 0.364. The van der Waals surface area contributed by atoms with Gasteiger partial charge in [-0.1, -0.05) is 15.9 Å². The van der Waals surface area contributed by atoms with E-state index in [0.717, 1.165) is 10.0 Å². The maximum absolute atomic E-state index is 11.9. The van der Waals surface area contributed by atoms with Crippen molar-refractivity contribution in [3.8, 4) is 0 Å². The number of aryl methyl sites for hydroxylation is 1. The molecule has 0 unspecified atom stereocenters. The van der Waals surface area contributed by atoms with Gasteiger partial charge in [-0.3, -0.25) is 4.79 Å². The van der Waals surface area contributed by atoms with Crippen LogP contribution in [0.1, 0.15) is 29.8 Å². The van der Waals surface area contributed by atoms with E-state index in [0.29, 0.717) is 5.56 Å². The summed E-state index contributed by atoms with van der Waals surface area (Å²) in [4.78, 5) is 11.9. The molecule has 3 heteroatoms. The van der Waals surface area contributed by atoms with Crippen molar-refractivity contribution >= 4 is 21.7 Å². The molecule has 0 spiro atoms. The number of halogens is 1. The molecule has 0 heterocycles. The first-order valence-electron chi connectivity index (χ1n) is 4.42. The molecule has 0 aromatic heterocycles. The van der Waals surface area contributed by atoms with Gasteiger partial charge in [-0.15, -0.1) is 0 Å². The van der Waals surface area contributed by atoms with Gasteiger partial charge in [0, 0.05) is 10.0 Å². The van der Waals surface area contributed by atoms with E-state index >= 15 is 0 Å². The van der Waals surface area contributed by atoms with Gasteiger partial charge in [-0.05, 0) is 44.5 Å². The maximum atomic E-state index is 11.9. The fourth-order valence-corrected chi connectivity index (χ4v) is 1.70. The summed E-state index contributed by atoms with van der Waals surface area (Å²) in [6.45, 7) is 5.34. The first-order valence-corrected chi connectivity index (χ1v) is 5.21. The van der Waals surface area contributed by atoms with E-state index in [2.05, 4.69) is 15.9 Å². The number of ketones is 1. The number of benzene rings is 1. The minimum absolute atomic E-state index is 0.0255. The molecule has 1 aromatic rings. The normalized spacial score (nSPS) is 11.5. The SMILES string of the molecule is Cc1cc(Br)ccc1C(=O)C(C)(C)N. The van der Waals surface area contributed by atoms with E-state index < -0.39 is 5.54 Å². The van der Waals surface area contributed by atoms with Crippen molar-refractivity contribution in [1.82, 2.24) is 0 Å². The highest BCUT2D eigenvalue weighted by Gasteiger charge is 2.24. The summed E-state index contributed by atoms with van der Waals surface area (Å²) in [5.74, 6) is -0.0255. The molecule has 0 bridgehead atoms. The number of Topliss-reactive ketones (excluding diaryl/α,β-unsaturated/α-hetero) is 1. The van der Waals surface area contributed by atoms with Crippen LogP contribution in [-0.4, -0.2) is 11.3 Å². The molecule has 0 aliphatic carbocycles. The second kappa shape index (κ2) is 3.83. The largest absolute Gasteiger partial charge is 0.319 e. The van der Waals surface area contributed by atoms with Crippen LogP contribution >= 0.6 is 15.9 Å². The maximum Gasteiger partial charge on any atom is 0.182 e. The van der Waals surface area contributed by atoms with Gasteiger partial charge >= 0.3 is 0 Å². The van der Waals surface area contributed by atoms with Crippen molar-refractivity contribution < 1.29 is 4.79 Å². The second-order valence-corrected chi connectivity index (χ2v) is 4.93. The molecule has 0 fully saturated rings. The van der Waals surface area contributed by atoms with E-state index in [-0.39, 0.29) is 5.78 Å². The fourth-order valence-electron chi connectivity index (χ4n) is 1.23. The molecule has 0 aliphatic heterocycles. The lowest BCUT2D eigenvalue weighted by molar-refractivity contribution is 0.0913. The molecular weight excluding hydrogens is 242 g/mol. The Morgan fingerprint density at radius 3 is 2.43 bits per heavy atom. The van der Waals surface area contributed by atoms with Crippen molar-refractivity contribution in [3.05, 3.63) is 33.8 Å². The number of rotatable bonds is 2. The Bertz CT molecular complexity index is 366. The zero-order valence-electron chi connectivity index (χ0n) is 8.60. The van der Waals surface area contributed by atoms with Gasteiger partial charge in [0.2, 0.25) is 0 Å². The average Bonchev–Trinajstić information content (AvgIpc) is 2.01. The van der Waals surface area contributed by atoms with Crippen LogP contribution in [0, 0.1) is 6.92 Å². The molecule has 0 saturated carbocycles. The third-order valence-electron chi connectivity index (χ3n) is 2.02. The summed E-state index contributed by atoms with van der Waals surface area (Å²) in [7, 11) is 0. The Hall–Kier alpha value is -0.670. The van der Waals surface area contributed by atoms with Gasteiger partial charge in [-0.25, -0.2) is 0 Å². The summed E-state index contributed by atoms with van der Waals surface area (Å²) in [5, 5.41) is 0. The average molecular weight is 256 g/mol. The topological polar surface area (TPSA) is 43.1 Å². The summed E-state index contributed by atoms with van der Waals surface area (Å²) in [6.07, 6.45) is 0. The lowest BCUT2D eigenvalue weighted by atomic mass is 9.92. The van der Waals surface area contributed by atoms with Gasteiger partial charge in [0.25, 0.3) is 0 Å². The van der Waals surface area contributed by atoms with E-state index in [1.165, 1.54) is 0 Å². The lowest BCUT2D eigenvalue weighted by Gasteiger charge is -2.18. The summed E-state index contributed by atoms with van der Waals surface area (Å²) >= 11 is 3.35. The Morgan fingerprint density at radius 2 is 2.00 bits per heavy atom. The van der Waals surface area contributed by atoms with Gasteiger partial charge in [0.1, 0.15) is 0 Å². The van der Waals surface area contributed by atoms with Crippen molar-refractivity contribution in [3.63, 3.8) is 0 Å². The number of nitrogens with two attached hydrogens (primary N) is 1. The molecule has 0 amide bonds. The molecule has 1 aromatic carbocycles. The van der Waals surface area contributed by atoms with Crippen LogP contribution in [-0.2, 0) is 0 Å². The number of carbonyl (C=O) groups is 1. The molecule has 2 nitrogen and oxygen atoms in total. The van der Waals surface area contributed by atoms with Crippen LogP contribution < -0.4 is 5.73 Å². The Morgan fingerprint density at radius 1 is 1.43 bits per heavy atom. The van der Waals surface area contributed by atoms with E-state index in [1.807, 2.05) is 19.1 Å². The van der Waals surface area contributed by atoms with Crippen LogP contribution in [0.3, 0.4) is 0 Å². The van der Waals surface area contributed by atoms with Crippen molar-refractivity contribution in [2.75, 3.05) is 0 Å². The molecule has 0 atom stereocenters. The van der Waals surface area contributed by atoms with Crippen LogP contribution in [0.4, 0.5) is 0 Å². The Balaban J connectivity index is 3.15. The van der Waals surface area contributed by atoms with Gasteiger partial charge < -0.3 is 5.73 Å². The first kappa shape index (κ1) is 11.4. The van der Waals surface area contributed by atoms with E-state index in [9.17, 15) is 4.79 Å². The smallest absolute Gasteiger partial charge is 0.182 e. The van der Waals surface area contributed by atoms with Crippen LogP contribution in [0.15, 0.2) is 22.7 Å². The van der Waals surface area contributed by atoms with E-state index in [4.69, 9.17) is 5.73 Å². The predicted octanol–water partition coefficient (Wildman–Crippen LogP) is 2.68. The predicted molar refractivity (Wildman–Crippen MR) is 61.5 cm³/mol. The second-order valence-electron chi connectivity index (χ2n) is 4.01. The first-order chi connectivity index (χ1) is 6.32. The zero-order chi connectivity index (χ0) is 10.9. The minimum Gasteiger partial charge on any atom is -0.319 e. The number of hydrogen-bond donors (Lipinski definition) is 1. The zero-order valence-corrected chi connectivity index (χ0v) is 10.2. The van der Waals surface area contributed by atoms with Gasteiger partial charge in [0.15, 0.2) is 5.78 Å². The standard InChI is InChI=1S/C11H14BrNO/c1-7-6-8(12)4-5-9(7)10(14)11(2,3)13/h4-6H,13H2,1-3H3. The Labute approximate surface area is 92.6 Å². The van der Waals surface area contributed by atoms with Gasteiger partial charge in [-0.2, -0.15) is 0 Å². The molecule has 0 aliphatic rings. The quantitative estimate of drug-likeness (QED) is 0.826. The summed E-state index contributed by atoms with van der Waals surface area (Å²) in [5.41, 5.74) is 6.59. The highest BCUT2D eigenvalue weighted by Crippen LogP contribution is 2.19. The van der Waals surface area contributed by atoms with Crippen molar-refractivity contribution in [1.29, 1.82) is 0 Å². The molecule has 0 saturated heterocycles. The third-order valence-corrected chi connectivity index (χ3v) is 2.51. The Kier molecular flexibility index (Phi) is 3.12. The highest BCUT2D eigenvalue weighted by atomic mass is 79.9. The number of carbonyl (C=O) groups excluding carboxylic acids is 1. The molecule has 14 heavy (non-hydrogen) atoms. The van der Waals surface area contributed by atoms with Gasteiger partial charge in [0.05, 0.1) is 5.54 Å². The molecule has 1 rings (SSSR count). The van der Waals surface area contributed by atoms with E-state index in [1.54, 1.807) is 19.9 Å². The lowest BCUT2D eigenvalue weighted by Crippen LogP contribution is -2.41. The minimum atomic E-state index is -0.807. The molecular formula is C11H14BrNO. The summed E-state index contributed by atoms with van der Waals surface area (Å²) in [6, 6.07) is 5.57. The van der Waals surface area contributed by atoms with Crippen LogP contribution in [0.25, 0.3) is 0 Å². The monoisotopic (exact) mass is 255 g/mol. The molecule has 0 radical (unpaired) electrons. The highest BCUT2D eigenvalue weighted by molar-refractivity contribution is 9.10. The summed E-state index contributed by atoms with van der Waals surface area (Å²) < 4.78 is 0.973.